The number of fused-ring (bicyclic) bond motifs is 1. The summed E-state index contributed by atoms with van der Waals surface area (Å²) in [6, 6.07) is 11.3. The van der Waals surface area contributed by atoms with Crippen LogP contribution in [0.15, 0.2) is 35.2 Å². The fraction of sp³-hybridized carbons (Fsp3) is 0.500. The van der Waals surface area contributed by atoms with Crippen LogP contribution in [0, 0.1) is 0 Å². The summed E-state index contributed by atoms with van der Waals surface area (Å²) in [5.74, 6) is 1.10. The molecule has 0 saturated carbocycles. The number of hydrogen-bond donors (Lipinski definition) is 0. The van der Waals surface area contributed by atoms with Crippen LogP contribution in [-0.4, -0.2) is 29.1 Å². The molecule has 0 radical (unpaired) electrons. The van der Waals surface area contributed by atoms with Crippen LogP contribution in [0.5, 0.6) is 0 Å². The number of hydrogen-bond acceptors (Lipinski definition) is 3. The predicted octanol–water partition coefficient (Wildman–Crippen LogP) is 3.26. The van der Waals surface area contributed by atoms with Gasteiger partial charge in [-0.15, -0.1) is 11.8 Å². The van der Waals surface area contributed by atoms with E-state index < -0.39 is 0 Å². The van der Waals surface area contributed by atoms with Crippen LogP contribution in [0.1, 0.15) is 12.8 Å². The first kappa shape index (κ1) is 13.7. The Labute approximate surface area is 116 Å². The zero-order valence-corrected chi connectivity index (χ0v) is 12.5. The molecule has 1 aromatic rings. The minimum Gasteiger partial charge on any atom is -0.341 e. The molecular formula is C12H18NOPS2. The lowest BCUT2D eigenvalue weighted by Crippen LogP contribution is -2.29. The summed E-state index contributed by atoms with van der Waals surface area (Å²) in [6.07, 6.45) is 3.13. The van der Waals surface area contributed by atoms with Crippen molar-refractivity contribution in [3.05, 3.63) is 30.3 Å². The summed E-state index contributed by atoms with van der Waals surface area (Å²) in [7, 11) is 0.610. The summed E-state index contributed by atoms with van der Waals surface area (Å²) < 4.78 is 8.38. The van der Waals surface area contributed by atoms with Gasteiger partial charge < -0.3 is 4.52 Å². The number of benzene rings is 1. The first-order chi connectivity index (χ1) is 7.93. The quantitative estimate of drug-likeness (QED) is 0.625. The topological polar surface area (TPSA) is 12.5 Å². The van der Waals surface area contributed by atoms with Gasteiger partial charge in [-0.05, 0) is 25.0 Å². The highest BCUT2D eigenvalue weighted by molar-refractivity contribution is 7.99. The lowest BCUT2D eigenvalue weighted by atomic mass is 10.1. The molecule has 2 nitrogen and oxygen atoms in total. The summed E-state index contributed by atoms with van der Waals surface area (Å²) in [5, 5.41) is 0. The van der Waals surface area contributed by atoms with Gasteiger partial charge in [-0.2, -0.15) is 13.5 Å². The summed E-state index contributed by atoms with van der Waals surface area (Å²) in [5.41, 5.74) is 0. The van der Waals surface area contributed by atoms with E-state index in [1.165, 1.54) is 24.3 Å². The summed E-state index contributed by atoms with van der Waals surface area (Å²) >= 11 is 1.92. The molecule has 0 bridgehead atoms. The minimum absolute atomic E-state index is 0. The third-order valence-electron chi connectivity index (χ3n) is 3.21. The lowest BCUT2D eigenvalue weighted by Gasteiger charge is -2.16. The normalized spacial score (nSPS) is 29.2. The van der Waals surface area contributed by atoms with Gasteiger partial charge >= 0.3 is 0 Å². The molecular weight excluding hydrogens is 269 g/mol. The second-order valence-electron chi connectivity index (χ2n) is 4.27. The number of rotatable bonds is 3. The summed E-state index contributed by atoms with van der Waals surface area (Å²) in [6.45, 7) is 1.25. The van der Waals surface area contributed by atoms with Crippen LogP contribution in [0.4, 0.5) is 0 Å². The van der Waals surface area contributed by atoms with Gasteiger partial charge in [0.2, 0.25) is 0 Å². The molecule has 0 spiro atoms. The van der Waals surface area contributed by atoms with Crippen molar-refractivity contribution in [3.8, 4) is 0 Å². The number of thioether (sulfide) groups is 1. The van der Waals surface area contributed by atoms with Crippen molar-refractivity contribution in [1.29, 1.82) is 0 Å². The third kappa shape index (κ3) is 3.18. The Bertz CT molecular complexity index is 352. The molecule has 3 atom stereocenters. The fourth-order valence-electron chi connectivity index (χ4n) is 2.35. The zero-order valence-electron chi connectivity index (χ0n) is 9.63. The van der Waals surface area contributed by atoms with Crippen LogP contribution in [0.3, 0.4) is 0 Å². The highest BCUT2D eigenvalue weighted by atomic mass is 32.2. The van der Waals surface area contributed by atoms with E-state index in [1.807, 2.05) is 11.8 Å². The molecule has 1 aromatic carbocycles. The molecule has 2 saturated heterocycles. The minimum atomic E-state index is 0. The van der Waals surface area contributed by atoms with Crippen molar-refractivity contribution in [3.63, 3.8) is 0 Å². The molecule has 0 aliphatic carbocycles. The van der Waals surface area contributed by atoms with Crippen molar-refractivity contribution in [2.45, 2.75) is 29.9 Å². The van der Waals surface area contributed by atoms with Gasteiger partial charge in [0.05, 0.1) is 15.1 Å². The third-order valence-corrected chi connectivity index (χ3v) is 5.51. The van der Waals surface area contributed by atoms with Crippen LogP contribution in [0.2, 0.25) is 0 Å². The van der Waals surface area contributed by atoms with Crippen molar-refractivity contribution in [2.75, 3.05) is 12.3 Å². The van der Waals surface area contributed by atoms with E-state index in [0.717, 1.165) is 5.75 Å². The van der Waals surface area contributed by atoms with Gasteiger partial charge in [-0.3, -0.25) is 4.67 Å². The van der Waals surface area contributed by atoms with Crippen LogP contribution < -0.4 is 0 Å². The standard InChI is InChI=1S/C12H16NOPS.H2S/c1-2-5-10(6-3-1)16-9-12-11-7-4-8-13(11)15-14-12;/h1-3,5-6,11-12,15H,4,7-9H2;1H2. The highest BCUT2D eigenvalue weighted by Gasteiger charge is 2.38. The smallest absolute Gasteiger partial charge is 0.0898 e. The Balaban J connectivity index is 0.00000108. The van der Waals surface area contributed by atoms with Crippen LogP contribution in [-0.2, 0) is 4.52 Å². The SMILES string of the molecule is S.c1ccc(SCC2OPN3CCCC23)cc1. The first-order valence-electron chi connectivity index (χ1n) is 5.79. The van der Waals surface area contributed by atoms with E-state index in [1.54, 1.807) is 0 Å². The fourth-order valence-corrected chi connectivity index (χ4v) is 4.66. The highest BCUT2D eigenvalue weighted by Crippen LogP contribution is 2.43. The van der Waals surface area contributed by atoms with Gasteiger partial charge in [0.1, 0.15) is 0 Å². The Morgan fingerprint density at radius 2 is 2.18 bits per heavy atom. The predicted molar refractivity (Wildman–Crippen MR) is 80.5 cm³/mol. The maximum atomic E-state index is 5.87. The van der Waals surface area contributed by atoms with Crippen molar-refractivity contribution < 1.29 is 4.52 Å². The molecule has 3 rings (SSSR count). The lowest BCUT2D eigenvalue weighted by molar-refractivity contribution is 0.238. The average Bonchev–Trinajstić information content (AvgIpc) is 2.90. The molecule has 5 heteroatoms. The van der Waals surface area contributed by atoms with Crippen molar-refractivity contribution >= 4 is 34.2 Å². The molecule has 2 fully saturated rings. The molecule has 2 heterocycles. The molecule has 0 N–H and O–H groups in total. The second-order valence-corrected chi connectivity index (χ2v) is 6.36. The zero-order chi connectivity index (χ0) is 10.8. The van der Waals surface area contributed by atoms with Crippen molar-refractivity contribution in [2.24, 2.45) is 0 Å². The molecule has 94 valence electrons. The van der Waals surface area contributed by atoms with Gasteiger partial charge in [0.25, 0.3) is 0 Å². The molecule has 0 amide bonds. The molecule has 2 aliphatic heterocycles. The Morgan fingerprint density at radius 1 is 1.35 bits per heavy atom. The van der Waals surface area contributed by atoms with E-state index in [2.05, 4.69) is 35.0 Å². The van der Waals surface area contributed by atoms with E-state index >= 15 is 0 Å². The molecule has 17 heavy (non-hydrogen) atoms. The monoisotopic (exact) mass is 287 g/mol. The maximum absolute atomic E-state index is 5.87. The Morgan fingerprint density at radius 3 is 3.00 bits per heavy atom. The van der Waals surface area contributed by atoms with Gasteiger partial charge in [0, 0.05) is 23.2 Å². The van der Waals surface area contributed by atoms with E-state index in [0.29, 0.717) is 21.1 Å². The first-order valence-corrected chi connectivity index (χ1v) is 7.63. The van der Waals surface area contributed by atoms with Crippen LogP contribution in [0.25, 0.3) is 0 Å². The van der Waals surface area contributed by atoms with Crippen LogP contribution >= 0.6 is 34.2 Å². The number of nitrogens with zero attached hydrogens (tertiary/aromatic N) is 1. The van der Waals surface area contributed by atoms with Gasteiger partial charge in [-0.1, -0.05) is 18.2 Å². The van der Waals surface area contributed by atoms with E-state index in [4.69, 9.17) is 4.52 Å². The van der Waals surface area contributed by atoms with Crippen molar-refractivity contribution in [1.82, 2.24) is 4.67 Å². The largest absolute Gasteiger partial charge is 0.341 e. The second kappa shape index (κ2) is 6.44. The van der Waals surface area contributed by atoms with E-state index in [-0.39, 0.29) is 13.5 Å². The average molecular weight is 287 g/mol. The molecule has 0 aromatic heterocycles. The van der Waals surface area contributed by atoms with Gasteiger partial charge in [-0.25, -0.2) is 0 Å². The Hall–Kier alpha value is 0.270. The van der Waals surface area contributed by atoms with Gasteiger partial charge in [0.15, 0.2) is 0 Å². The summed E-state index contributed by atoms with van der Waals surface area (Å²) in [4.78, 5) is 1.35. The maximum Gasteiger partial charge on any atom is 0.0898 e. The molecule has 2 aliphatic rings. The molecule has 3 unspecified atom stereocenters. The van der Waals surface area contributed by atoms with E-state index in [9.17, 15) is 0 Å². The Kier molecular flexibility index (Phi) is 5.19.